The molecule has 0 bridgehead atoms. The molecule has 1 atom stereocenters. The molecule has 6 heteroatoms. The molecule has 0 saturated heterocycles. The maximum atomic E-state index is 12.4. The van der Waals surface area contributed by atoms with Crippen LogP contribution in [0.2, 0.25) is 0 Å². The summed E-state index contributed by atoms with van der Waals surface area (Å²) in [5.74, 6) is -0.380. The minimum Gasteiger partial charge on any atom is -0.481 e. The number of carbonyl (C=O) groups is 2. The summed E-state index contributed by atoms with van der Waals surface area (Å²) in [6, 6.07) is 3.19. The van der Waals surface area contributed by atoms with Crippen LogP contribution in [0.5, 0.6) is 5.88 Å². The highest BCUT2D eigenvalue weighted by Crippen LogP contribution is 2.12. The first kappa shape index (κ1) is 17.9. The SMILES string of the molecule is COc1ccc(C(=O)OC(C)C(=O)N(C(C)C)C(C)C)cn1. The van der Waals surface area contributed by atoms with Crippen molar-refractivity contribution in [3.63, 3.8) is 0 Å². The summed E-state index contributed by atoms with van der Waals surface area (Å²) in [6.45, 7) is 9.30. The maximum absolute atomic E-state index is 12.4. The summed E-state index contributed by atoms with van der Waals surface area (Å²) >= 11 is 0. The normalized spacial score (nSPS) is 12.2. The molecule has 22 heavy (non-hydrogen) atoms. The van der Waals surface area contributed by atoms with Gasteiger partial charge in [-0.05, 0) is 40.7 Å². The van der Waals surface area contributed by atoms with E-state index in [0.29, 0.717) is 5.88 Å². The smallest absolute Gasteiger partial charge is 0.340 e. The zero-order valence-electron chi connectivity index (χ0n) is 14.0. The number of rotatable bonds is 6. The Hall–Kier alpha value is -2.11. The van der Waals surface area contributed by atoms with Gasteiger partial charge in [0, 0.05) is 24.3 Å². The summed E-state index contributed by atoms with van der Waals surface area (Å²) in [7, 11) is 1.49. The van der Waals surface area contributed by atoms with Gasteiger partial charge in [0.05, 0.1) is 12.7 Å². The fourth-order valence-corrected chi connectivity index (χ4v) is 2.22. The van der Waals surface area contributed by atoms with Crippen LogP contribution in [0, 0.1) is 0 Å². The molecule has 0 aliphatic rings. The fourth-order valence-electron chi connectivity index (χ4n) is 2.22. The number of methoxy groups -OCH3 is 1. The molecule has 0 spiro atoms. The van der Waals surface area contributed by atoms with Gasteiger partial charge in [0.2, 0.25) is 5.88 Å². The van der Waals surface area contributed by atoms with Crippen molar-refractivity contribution in [1.82, 2.24) is 9.88 Å². The van der Waals surface area contributed by atoms with Crippen molar-refractivity contribution in [2.45, 2.75) is 52.8 Å². The van der Waals surface area contributed by atoms with Gasteiger partial charge in [-0.1, -0.05) is 0 Å². The number of pyridine rings is 1. The van der Waals surface area contributed by atoms with Crippen molar-refractivity contribution in [3.8, 4) is 5.88 Å². The second kappa shape index (κ2) is 7.77. The third kappa shape index (κ3) is 4.44. The predicted molar refractivity (Wildman–Crippen MR) is 82.8 cm³/mol. The number of aromatic nitrogens is 1. The number of esters is 1. The predicted octanol–water partition coefficient (Wildman–Crippen LogP) is 2.28. The van der Waals surface area contributed by atoms with Gasteiger partial charge in [-0.3, -0.25) is 4.79 Å². The minimum absolute atomic E-state index is 0.0382. The fraction of sp³-hybridized carbons (Fsp3) is 0.562. The largest absolute Gasteiger partial charge is 0.481 e. The highest BCUT2D eigenvalue weighted by Gasteiger charge is 2.27. The molecule has 0 radical (unpaired) electrons. The van der Waals surface area contributed by atoms with Crippen LogP contribution < -0.4 is 4.74 Å². The Labute approximate surface area is 131 Å². The third-order valence-corrected chi connectivity index (χ3v) is 3.18. The first-order valence-electron chi connectivity index (χ1n) is 7.31. The third-order valence-electron chi connectivity index (χ3n) is 3.18. The lowest BCUT2D eigenvalue weighted by atomic mass is 10.2. The average molecular weight is 308 g/mol. The van der Waals surface area contributed by atoms with E-state index in [9.17, 15) is 9.59 Å². The second-order valence-corrected chi connectivity index (χ2v) is 5.57. The molecule has 1 unspecified atom stereocenters. The molecule has 1 rings (SSSR count). The van der Waals surface area contributed by atoms with E-state index in [0.717, 1.165) is 0 Å². The molecule has 1 heterocycles. The second-order valence-electron chi connectivity index (χ2n) is 5.57. The molecule has 0 fully saturated rings. The van der Waals surface area contributed by atoms with Gasteiger partial charge in [-0.25, -0.2) is 9.78 Å². The quantitative estimate of drug-likeness (QED) is 0.754. The summed E-state index contributed by atoms with van der Waals surface area (Å²) in [5.41, 5.74) is 0.279. The summed E-state index contributed by atoms with van der Waals surface area (Å²) < 4.78 is 10.2. The lowest BCUT2D eigenvalue weighted by Crippen LogP contribution is -2.47. The molecule has 0 saturated carbocycles. The van der Waals surface area contributed by atoms with Crippen LogP contribution in [0.25, 0.3) is 0 Å². The number of amides is 1. The lowest BCUT2D eigenvalue weighted by molar-refractivity contribution is -0.143. The highest BCUT2D eigenvalue weighted by molar-refractivity contribution is 5.92. The first-order chi connectivity index (χ1) is 10.3. The van der Waals surface area contributed by atoms with Crippen molar-refractivity contribution in [2.24, 2.45) is 0 Å². The number of hydrogen-bond acceptors (Lipinski definition) is 5. The highest BCUT2D eigenvalue weighted by atomic mass is 16.5. The summed E-state index contributed by atoms with van der Waals surface area (Å²) in [4.78, 5) is 30.1. The Kier molecular flexibility index (Phi) is 6.34. The topological polar surface area (TPSA) is 68.7 Å². The van der Waals surface area contributed by atoms with Gasteiger partial charge in [-0.2, -0.15) is 0 Å². The zero-order chi connectivity index (χ0) is 16.9. The molecule has 6 nitrogen and oxygen atoms in total. The standard InChI is InChI=1S/C16H24N2O4/c1-10(2)18(11(3)4)15(19)12(5)22-16(20)13-7-8-14(21-6)17-9-13/h7-12H,1-6H3. The van der Waals surface area contributed by atoms with Crippen LogP contribution >= 0.6 is 0 Å². The van der Waals surface area contributed by atoms with E-state index in [1.807, 2.05) is 27.7 Å². The van der Waals surface area contributed by atoms with Gasteiger partial charge in [0.25, 0.3) is 5.91 Å². The van der Waals surface area contributed by atoms with Crippen molar-refractivity contribution in [3.05, 3.63) is 23.9 Å². The average Bonchev–Trinajstić information content (AvgIpc) is 2.46. The van der Waals surface area contributed by atoms with Crippen molar-refractivity contribution in [2.75, 3.05) is 7.11 Å². The van der Waals surface area contributed by atoms with Crippen LogP contribution in [0.1, 0.15) is 45.0 Å². The molecular formula is C16H24N2O4. The number of ether oxygens (including phenoxy) is 2. The van der Waals surface area contributed by atoms with E-state index >= 15 is 0 Å². The van der Waals surface area contributed by atoms with Crippen LogP contribution in [-0.2, 0) is 9.53 Å². The Morgan fingerprint density at radius 3 is 2.09 bits per heavy atom. The lowest BCUT2D eigenvalue weighted by Gasteiger charge is -2.32. The zero-order valence-corrected chi connectivity index (χ0v) is 14.0. The molecular weight excluding hydrogens is 284 g/mol. The van der Waals surface area contributed by atoms with E-state index in [4.69, 9.17) is 9.47 Å². The molecule has 0 aliphatic heterocycles. The number of hydrogen-bond donors (Lipinski definition) is 0. The first-order valence-corrected chi connectivity index (χ1v) is 7.31. The molecule has 122 valence electrons. The van der Waals surface area contributed by atoms with Crippen molar-refractivity contribution >= 4 is 11.9 Å². The van der Waals surface area contributed by atoms with E-state index in [2.05, 4.69) is 4.98 Å². The Bertz CT molecular complexity index is 503. The van der Waals surface area contributed by atoms with E-state index in [1.54, 1.807) is 24.0 Å². The van der Waals surface area contributed by atoms with Crippen LogP contribution in [0.4, 0.5) is 0 Å². The number of nitrogens with zero attached hydrogens (tertiary/aromatic N) is 2. The van der Waals surface area contributed by atoms with Crippen molar-refractivity contribution < 1.29 is 19.1 Å². The number of carbonyl (C=O) groups excluding carboxylic acids is 2. The van der Waals surface area contributed by atoms with Crippen molar-refractivity contribution in [1.29, 1.82) is 0 Å². The van der Waals surface area contributed by atoms with Gasteiger partial charge in [0.15, 0.2) is 6.10 Å². The Morgan fingerprint density at radius 2 is 1.68 bits per heavy atom. The van der Waals surface area contributed by atoms with E-state index < -0.39 is 12.1 Å². The molecule has 1 aromatic heterocycles. The van der Waals surface area contributed by atoms with Gasteiger partial charge >= 0.3 is 5.97 Å². The Balaban J connectivity index is 2.75. The van der Waals surface area contributed by atoms with Crippen LogP contribution in [0.3, 0.4) is 0 Å². The van der Waals surface area contributed by atoms with E-state index in [-0.39, 0.29) is 23.6 Å². The Morgan fingerprint density at radius 1 is 1.09 bits per heavy atom. The summed E-state index contributed by atoms with van der Waals surface area (Å²) in [6.07, 6.45) is 0.514. The minimum atomic E-state index is -0.848. The van der Waals surface area contributed by atoms with Crippen LogP contribution in [0.15, 0.2) is 18.3 Å². The van der Waals surface area contributed by atoms with Gasteiger partial charge in [0.1, 0.15) is 0 Å². The molecule has 0 N–H and O–H groups in total. The van der Waals surface area contributed by atoms with E-state index in [1.165, 1.54) is 13.3 Å². The van der Waals surface area contributed by atoms with Crippen LogP contribution in [-0.4, -0.2) is 47.1 Å². The molecule has 0 aromatic carbocycles. The monoisotopic (exact) mass is 308 g/mol. The molecule has 0 aliphatic carbocycles. The van der Waals surface area contributed by atoms with Gasteiger partial charge < -0.3 is 14.4 Å². The van der Waals surface area contributed by atoms with Gasteiger partial charge in [-0.15, -0.1) is 0 Å². The molecule has 1 amide bonds. The summed E-state index contributed by atoms with van der Waals surface area (Å²) in [5, 5.41) is 0. The maximum Gasteiger partial charge on any atom is 0.340 e. The molecule has 1 aromatic rings.